The second-order valence-electron chi connectivity index (χ2n) is 7.26. The highest BCUT2D eigenvalue weighted by atomic mass is 16.7. The molecule has 2 aromatic heterocycles. The predicted molar refractivity (Wildman–Crippen MR) is 103 cm³/mol. The van der Waals surface area contributed by atoms with Crippen LogP contribution in [-0.4, -0.2) is 26.8 Å². The molecule has 1 aliphatic heterocycles. The number of rotatable bonds is 5. The van der Waals surface area contributed by atoms with Crippen LogP contribution in [0.5, 0.6) is 11.5 Å². The van der Waals surface area contributed by atoms with Crippen LogP contribution in [0.15, 0.2) is 47.1 Å². The van der Waals surface area contributed by atoms with Crippen molar-refractivity contribution in [2.45, 2.75) is 44.3 Å². The summed E-state index contributed by atoms with van der Waals surface area (Å²) in [6, 6.07) is 10.9. The highest BCUT2D eigenvalue weighted by Gasteiger charge is 2.44. The summed E-state index contributed by atoms with van der Waals surface area (Å²) < 4.78 is 17.2. The zero-order valence-corrected chi connectivity index (χ0v) is 15.8. The van der Waals surface area contributed by atoms with E-state index < -0.39 is 5.79 Å². The van der Waals surface area contributed by atoms with Crippen LogP contribution in [0.25, 0.3) is 11.5 Å². The molecule has 1 saturated carbocycles. The summed E-state index contributed by atoms with van der Waals surface area (Å²) >= 11 is 0. The molecule has 1 fully saturated rings. The van der Waals surface area contributed by atoms with E-state index in [1.807, 2.05) is 30.3 Å². The number of carbonyl (C=O) groups excluding carboxylic acids is 1. The van der Waals surface area contributed by atoms with Gasteiger partial charge in [-0.3, -0.25) is 9.78 Å². The van der Waals surface area contributed by atoms with E-state index in [1.165, 1.54) is 0 Å². The van der Waals surface area contributed by atoms with Gasteiger partial charge in [0.05, 0.1) is 0 Å². The van der Waals surface area contributed by atoms with Crippen molar-refractivity contribution >= 4 is 11.6 Å². The quantitative estimate of drug-likeness (QED) is 0.706. The fourth-order valence-corrected chi connectivity index (χ4v) is 3.69. The summed E-state index contributed by atoms with van der Waals surface area (Å²) in [4.78, 5) is 20.8. The minimum absolute atomic E-state index is 0.142. The van der Waals surface area contributed by atoms with Gasteiger partial charge in [0.15, 0.2) is 11.5 Å². The predicted octanol–water partition coefficient (Wildman–Crippen LogP) is 3.74. The Balaban J connectivity index is 1.18. The number of pyridine rings is 1. The van der Waals surface area contributed by atoms with E-state index in [4.69, 9.17) is 14.0 Å². The van der Waals surface area contributed by atoms with Crippen molar-refractivity contribution in [2.24, 2.45) is 0 Å². The highest BCUT2D eigenvalue weighted by molar-refractivity contribution is 5.91. The first kappa shape index (κ1) is 17.7. The topological polar surface area (TPSA) is 99.4 Å². The minimum Gasteiger partial charge on any atom is -0.448 e. The van der Waals surface area contributed by atoms with Crippen molar-refractivity contribution in [3.8, 4) is 23.0 Å². The number of ether oxygens (including phenoxy) is 2. The zero-order chi connectivity index (χ0) is 19.7. The van der Waals surface area contributed by atoms with Gasteiger partial charge in [0.25, 0.3) is 5.79 Å². The van der Waals surface area contributed by atoms with E-state index in [2.05, 4.69) is 20.4 Å². The lowest BCUT2D eigenvalue weighted by molar-refractivity contribution is -0.116. The van der Waals surface area contributed by atoms with Crippen LogP contribution in [0.2, 0.25) is 0 Å². The first-order valence-corrected chi connectivity index (χ1v) is 9.75. The number of benzene rings is 1. The highest BCUT2D eigenvalue weighted by Crippen LogP contribution is 2.47. The van der Waals surface area contributed by atoms with E-state index >= 15 is 0 Å². The van der Waals surface area contributed by atoms with Crippen molar-refractivity contribution in [3.63, 3.8) is 0 Å². The van der Waals surface area contributed by atoms with Gasteiger partial charge < -0.3 is 19.3 Å². The number of carbonyl (C=O) groups is 1. The number of nitrogens with one attached hydrogen (secondary N) is 1. The molecule has 1 N–H and O–H groups in total. The number of nitrogens with zero attached hydrogens (tertiary/aromatic N) is 3. The largest absolute Gasteiger partial charge is 0.448 e. The van der Waals surface area contributed by atoms with Crippen molar-refractivity contribution in [1.29, 1.82) is 0 Å². The van der Waals surface area contributed by atoms with Gasteiger partial charge in [0.2, 0.25) is 17.6 Å². The van der Waals surface area contributed by atoms with Gasteiger partial charge in [-0.15, -0.1) is 0 Å². The first-order chi connectivity index (χ1) is 14.2. The van der Waals surface area contributed by atoms with Gasteiger partial charge in [-0.25, -0.2) is 0 Å². The molecule has 0 saturated heterocycles. The van der Waals surface area contributed by atoms with E-state index in [9.17, 15) is 4.79 Å². The van der Waals surface area contributed by atoms with E-state index in [0.29, 0.717) is 35.3 Å². The second-order valence-corrected chi connectivity index (χ2v) is 7.26. The second kappa shape index (κ2) is 7.20. The average Bonchev–Trinajstić information content (AvgIpc) is 3.47. The standard InChI is InChI=1S/C21H20N4O4/c26-18(8-9-19-24-20(25-29-19)15-5-1-4-12-22-15)23-14-6-7-16-17(13-14)28-21(27-16)10-2-3-11-21/h1,4-7,12-13H,2-3,8-11H2,(H,23,26). The van der Waals surface area contributed by atoms with Crippen molar-refractivity contribution in [1.82, 2.24) is 15.1 Å². The van der Waals surface area contributed by atoms with Crippen LogP contribution in [0.1, 0.15) is 38.0 Å². The third-order valence-corrected chi connectivity index (χ3v) is 5.11. The molecule has 1 amide bonds. The molecular weight excluding hydrogens is 372 g/mol. The lowest BCUT2D eigenvalue weighted by Gasteiger charge is -2.21. The summed E-state index contributed by atoms with van der Waals surface area (Å²) in [7, 11) is 0. The van der Waals surface area contributed by atoms with Crippen molar-refractivity contribution in [3.05, 3.63) is 48.5 Å². The molecule has 8 nitrogen and oxygen atoms in total. The fourth-order valence-electron chi connectivity index (χ4n) is 3.69. The summed E-state index contributed by atoms with van der Waals surface area (Å²) in [6.07, 6.45) is 6.24. The molecule has 3 heterocycles. The lowest BCUT2D eigenvalue weighted by atomic mass is 10.2. The van der Waals surface area contributed by atoms with Crippen molar-refractivity contribution < 1.29 is 18.8 Å². The molecule has 0 atom stereocenters. The average molecular weight is 392 g/mol. The summed E-state index contributed by atoms with van der Waals surface area (Å²) in [5, 5.41) is 6.79. The maximum Gasteiger partial charge on any atom is 0.251 e. The Morgan fingerprint density at radius 1 is 1.10 bits per heavy atom. The molecule has 0 radical (unpaired) electrons. The Bertz CT molecular complexity index is 1030. The Morgan fingerprint density at radius 3 is 2.79 bits per heavy atom. The van der Waals surface area contributed by atoms with Gasteiger partial charge >= 0.3 is 0 Å². The molecule has 1 aromatic carbocycles. The molecule has 8 heteroatoms. The molecule has 1 aliphatic carbocycles. The van der Waals surface area contributed by atoms with Crippen molar-refractivity contribution in [2.75, 3.05) is 5.32 Å². The third kappa shape index (κ3) is 3.65. The van der Waals surface area contributed by atoms with Gasteiger partial charge in [0, 0.05) is 43.6 Å². The molecule has 0 bridgehead atoms. The van der Waals surface area contributed by atoms with E-state index in [1.54, 1.807) is 12.3 Å². The zero-order valence-electron chi connectivity index (χ0n) is 15.8. The molecule has 3 aromatic rings. The smallest absolute Gasteiger partial charge is 0.251 e. The summed E-state index contributed by atoms with van der Waals surface area (Å²) in [6.45, 7) is 0. The number of fused-ring (bicyclic) bond motifs is 1. The number of hydrogen-bond acceptors (Lipinski definition) is 7. The Morgan fingerprint density at radius 2 is 1.97 bits per heavy atom. The third-order valence-electron chi connectivity index (χ3n) is 5.11. The van der Waals surface area contributed by atoms with Crippen LogP contribution >= 0.6 is 0 Å². The normalized spacial score (nSPS) is 16.3. The van der Waals surface area contributed by atoms with Crippen LogP contribution in [0, 0.1) is 0 Å². The molecule has 29 heavy (non-hydrogen) atoms. The summed E-state index contributed by atoms with van der Waals surface area (Å²) in [5.74, 6) is 1.58. The maximum absolute atomic E-state index is 12.3. The number of aryl methyl sites for hydroxylation is 1. The molecular formula is C21H20N4O4. The molecule has 5 rings (SSSR count). The van der Waals surface area contributed by atoms with Gasteiger partial charge in [-0.1, -0.05) is 11.2 Å². The Hall–Kier alpha value is -3.42. The molecule has 148 valence electrons. The monoisotopic (exact) mass is 392 g/mol. The van der Waals surface area contributed by atoms with Crippen LogP contribution in [0.4, 0.5) is 5.69 Å². The number of aromatic nitrogens is 3. The van der Waals surface area contributed by atoms with Crippen LogP contribution in [-0.2, 0) is 11.2 Å². The SMILES string of the molecule is O=C(CCc1nc(-c2ccccn2)no1)Nc1ccc2c(c1)OC1(CCCC1)O2. The molecule has 0 unspecified atom stereocenters. The lowest BCUT2D eigenvalue weighted by Crippen LogP contribution is -2.34. The van der Waals surface area contributed by atoms with Crippen LogP contribution in [0.3, 0.4) is 0 Å². The number of anilines is 1. The van der Waals surface area contributed by atoms with E-state index in [0.717, 1.165) is 31.4 Å². The minimum atomic E-state index is -0.506. The maximum atomic E-state index is 12.3. The Labute approximate surface area is 167 Å². The first-order valence-electron chi connectivity index (χ1n) is 9.75. The van der Waals surface area contributed by atoms with Crippen LogP contribution < -0.4 is 14.8 Å². The van der Waals surface area contributed by atoms with Gasteiger partial charge in [-0.05, 0) is 37.1 Å². The van der Waals surface area contributed by atoms with Gasteiger partial charge in [-0.2, -0.15) is 4.98 Å². The van der Waals surface area contributed by atoms with E-state index in [-0.39, 0.29) is 12.3 Å². The van der Waals surface area contributed by atoms with Gasteiger partial charge in [0.1, 0.15) is 5.69 Å². The Kier molecular flexibility index (Phi) is 4.38. The molecule has 1 spiro atoms. The fraction of sp³-hybridized carbons (Fsp3) is 0.333. The molecule has 2 aliphatic rings. The summed E-state index contributed by atoms with van der Waals surface area (Å²) in [5.41, 5.74) is 1.31. The number of amides is 1. The number of hydrogen-bond donors (Lipinski definition) is 1.